The van der Waals surface area contributed by atoms with Gasteiger partial charge in [-0.1, -0.05) is 13.0 Å². The predicted molar refractivity (Wildman–Crippen MR) is 105 cm³/mol. The number of methoxy groups -OCH3 is 1. The summed E-state index contributed by atoms with van der Waals surface area (Å²) in [5, 5.41) is 3.29. The summed E-state index contributed by atoms with van der Waals surface area (Å²) < 4.78 is 10.5. The molecule has 2 bridgehead atoms. The molecule has 142 valence electrons. The summed E-state index contributed by atoms with van der Waals surface area (Å²) in [5.41, 5.74) is 3.43. The van der Waals surface area contributed by atoms with E-state index in [2.05, 4.69) is 36.3 Å². The molecular formula is C22H26N2O3. The SMILES string of the molecule is COc1ccc2c(c1)[C@]1(C)CCN(C)[C@H](C2)[C@H]1NC(=O)/C=C/c1ccoc1. The van der Waals surface area contributed by atoms with Crippen LogP contribution in [0.4, 0.5) is 0 Å². The van der Waals surface area contributed by atoms with Crippen LogP contribution < -0.4 is 10.1 Å². The minimum Gasteiger partial charge on any atom is -0.497 e. The zero-order valence-electron chi connectivity index (χ0n) is 16.1. The number of likely N-dealkylation sites (N-methyl/N-ethyl adjacent to an activating group) is 1. The second-order valence-corrected chi connectivity index (χ2v) is 7.82. The summed E-state index contributed by atoms with van der Waals surface area (Å²) in [6, 6.07) is 8.53. The number of carbonyl (C=O) groups is 1. The Kier molecular flexibility index (Phi) is 4.56. The number of amides is 1. The minimum atomic E-state index is -0.113. The van der Waals surface area contributed by atoms with Crippen LogP contribution in [-0.2, 0) is 16.6 Å². The highest BCUT2D eigenvalue weighted by Gasteiger charge is 2.50. The first-order chi connectivity index (χ1) is 13.0. The second kappa shape index (κ2) is 6.89. The molecule has 3 atom stereocenters. The van der Waals surface area contributed by atoms with Crippen molar-refractivity contribution in [2.24, 2.45) is 0 Å². The van der Waals surface area contributed by atoms with E-state index in [1.165, 1.54) is 11.1 Å². The van der Waals surface area contributed by atoms with E-state index in [1.54, 1.807) is 31.8 Å². The molecule has 27 heavy (non-hydrogen) atoms. The van der Waals surface area contributed by atoms with Gasteiger partial charge in [-0.2, -0.15) is 0 Å². The van der Waals surface area contributed by atoms with Crippen LogP contribution in [0.25, 0.3) is 6.08 Å². The summed E-state index contributed by atoms with van der Waals surface area (Å²) in [5.74, 6) is 0.802. The van der Waals surface area contributed by atoms with Crippen molar-refractivity contribution < 1.29 is 13.9 Å². The van der Waals surface area contributed by atoms with Crippen LogP contribution >= 0.6 is 0 Å². The van der Waals surface area contributed by atoms with E-state index in [1.807, 2.05) is 12.1 Å². The van der Waals surface area contributed by atoms with Gasteiger partial charge < -0.3 is 19.4 Å². The monoisotopic (exact) mass is 366 g/mol. The predicted octanol–water partition coefficient (Wildman–Crippen LogP) is 3.00. The lowest BCUT2D eigenvalue weighted by atomic mass is 9.61. The highest BCUT2D eigenvalue weighted by molar-refractivity contribution is 5.92. The molecule has 2 aliphatic rings. The molecule has 1 saturated heterocycles. The molecule has 0 unspecified atom stereocenters. The van der Waals surface area contributed by atoms with Gasteiger partial charge in [-0.25, -0.2) is 0 Å². The average molecular weight is 366 g/mol. The van der Waals surface area contributed by atoms with Crippen LogP contribution in [0, 0.1) is 0 Å². The lowest BCUT2D eigenvalue weighted by Gasteiger charge is -2.54. The van der Waals surface area contributed by atoms with Crippen LogP contribution in [0.15, 0.2) is 47.3 Å². The number of nitrogens with zero attached hydrogens (tertiary/aromatic N) is 1. The molecule has 1 aliphatic heterocycles. The Labute approximate surface area is 160 Å². The third-order valence-electron chi connectivity index (χ3n) is 6.25. The number of piperidine rings is 1. The molecule has 1 aliphatic carbocycles. The van der Waals surface area contributed by atoms with Crippen molar-refractivity contribution in [2.75, 3.05) is 20.7 Å². The number of benzene rings is 1. The summed E-state index contributed by atoms with van der Waals surface area (Å²) in [4.78, 5) is 15.0. The molecule has 2 aromatic rings. The number of furan rings is 1. The topological polar surface area (TPSA) is 54.7 Å². The zero-order valence-corrected chi connectivity index (χ0v) is 16.1. The first-order valence-corrected chi connectivity index (χ1v) is 9.39. The Hall–Kier alpha value is -2.53. The molecule has 0 saturated carbocycles. The number of fused-ring (bicyclic) bond motifs is 4. The number of hydrogen-bond acceptors (Lipinski definition) is 4. The molecule has 2 heterocycles. The molecule has 1 aromatic carbocycles. The minimum absolute atomic E-state index is 0.0531. The van der Waals surface area contributed by atoms with Crippen molar-refractivity contribution in [1.82, 2.24) is 10.2 Å². The summed E-state index contributed by atoms with van der Waals surface area (Å²) in [6.45, 7) is 3.30. The fourth-order valence-corrected chi connectivity index (χ4v) is 4.60. The van der Waals surface area contributed by atoms with Crippen molar-refractivity contribution >= 4 is 12.0 Å². The van der Waals surface area contributed by atoms with E-state index in [4.69, 9.17) is 9.15 Å². The molecule has 5 heteroatoms. The first-order valence-electron chi connectivity index (χ1n) is 9.39. The maximum Gasteiger partial charge on any atom is 0.244 e. The normalized spacial score (nSPS) is 27.4. The molecule has 5 nitrogen and oxygen atoms in total. The Balaban J connectivity index is 1.64. The van der Waals surface area contributed by atoms with Crippen LogP contribution in [0.3, 0.4) is 0 Å². The molecular weight excluding hydrogens is 340 g/mol. The number of nitrogens with one attached hydrogen (secondary N) is 1. The molecule has 1 N–H and O–H groups in total. The van der Waals surface area contributed by atoms with E-state index in [9.17, 15) is 4.79 Å². The Morgan fingerprint density at radius 1 is 1.41 bits per heavy atom. The second-order valence-electron chi connectivity index (χ2n) is 7.82. The largest absolute Gasteiger partial charge is 0.497 e. The van der Waals surface area contributed by atoms with Crippen molar-refractivity contribution in [3.63, 3.8) is 0 Å². The third kappa shape index (κ3) is 3.16. The van der Waals surface area contributed by atoms with Gasteiger partial charge in [-0.15, -0.1) is 0 Å². The molecule has 1 fully saturated rings. The Morgan fingerprint density at radius 3 is 3.00 bits per heavy atom. The molecule has 0 radical (unpaired) electrons. The fourth-order valence-electron chi connectivity index (χ4n) is 4.60. The number of rotatable bonds is 4. The van der Waals surface area contributed by atoms with Crippen LogP contribution in [-0.4, -0.2) is 43.6 Å². The van der Waals surface area contributed by atoms with Crippen molar-refractivity contribution in [1.29, 1.82) is 0 Å². The van der Waals surface area contributed by atoms with Gasteiger partial charge >= 0.3 is 0 Å². The van der Waals surface area contributed by atoms with Gasteiger partial charge in [0.25, 0.3) is 0 Å². The number of carbonyl (C=O) groups excluding carboxylic acids is 1. The quantitative estimate of drug-likeness (QED) is 0.845. The van der Waals surface area contributed by atoms with Gasteiger partial charge in [0.1, 0.15) is 5.75 Å². The van der Waals surface area contributed by atoms with Gasteiger partial charge in [-0.3, -0.25) is 4.79 Å². The highest BCUT2D eigenvalue weighted by Crippen LogP contribution is 2.45. The van der Waals surface area contributed by atoms with Crippen LogP contribution in [0.5, 0.6) is 5.75 Å². The summed E-state index contributed by atoms with van der Waals surface area (Å²) >= 11 is 0. The van der Waals surface area contributed by atoms with Crippen LogP contribution in [0.2, 0.25) is 0 Å². The smallest absolute Gasteiger partial charge is 0.244 e. The molecule has 1 aromatic heterocycles. The summed E-state index contributed by atoms with van der Waals surface area (Å²) in [6.07, 6.45) is 8.52. The average Bonchev–Trinajstić information content (AvgIpc) is 3.19. The van der Waals surface area contributed by atoms with E-state index < -0.39 is 0 Å². The van der Waals surface area contributed by atoms with Gasteiger partial charge in [0.05, 0.1) is 25.7 Å². The van der Waals surface area contributed by atoms with E-state index in [0.29, 0.717) is 0 Å². The molecule has 4 rings (SSSR count). The lowest BCUT2D eigenvalue weighted by molar-refractivity contribution is -0.118. The van der Waals surface area contributed by atoms with E-state index in [-0.39, 0.29) is 23.4 Å². The maximum absolute atomic E-state index is 12.6. The lowest BCUT2D eigenvalue weighted by Crippen LogP contribution is -2.66. The number of hydrogen-bond donors (Lipinski definition) is 1. The van der Waals surface area contributed by atoms with Gasteiger partial charge in [0.15, 0.2) is 0 Å². The van der Waals surface area contributed by atoms with Crippen molar-refractivity contribution in [3.8, 4) is 5.75 Å². The van der Waals surface area contributed by atoms with E-state index >= 15 is 0 Å². The zero-order chi connectivity index (χ0) is 19.0. The van der Waals surface area contributed by atoms with Gasteiger partial charge in [0, 0.05) is 23.1 Å². The van der Waals surface area contributed by atoms with Gasteiger partial charge in [0.2, 0.25) is 5.91 Å². The Morgan fingerprint density at radius 2 is 2.26 bits per heavy atom. The maximum atomic E-state index is 12.6. The third-order valence-corrected chi connectivity index (χ3v) is 6.25. The van der Waals surface area contributed by atoms with Crippen molar-refractivity contribution in [2.45, 2.75) is 37.3 Å². The number of ether oxygens (including phenoxy) is 1. The molecule has 1 amide bonds. The molecule has 0 spiro atoms. The van der Waals surface area contributed by atoms with Crippen LogP contribution in [0.1, 0.15) is 30.0 Å². The highest BCUT2D eigenvalue weighted by atomic mass is 16.5. The van der Waals surface area contributed by atoms with E-state index in [0.717, 1.165) is 30.7 Å². The fraction of sp³-hybridized carbons (Fsp3) is 0.409. The standard InChI is InChI=1S/C22H26N2O3/c1-22-9-10-24(2)19(12-16-5-6-17(26-3)13-18(16)22)21(22)23-20(25)7-4-15-8-11-27-14-15/h4-8,11,13-14,19,21H,9-10,12H2,1-3H3,(H,23,25)/b7-4+/t19-,21-,22+/m1/s1. The first kappa shape index (κ1) is 17.9. The van der Waals surface area contributed by atoms with Gasteiger partial charge in [-0.05, 0) is 61.8 Å². The van der Waals surface area contributed by atoms with Crippen molar-refractivity contribution in [3.05, 3.63) is 59.6 Å². The summed E-state index contributed by atoms with van der Waals surface area (Å²) in [7, 11) is 3.85. The number of likely N-dealkylation sites (tertiary alicyclic amines) is 1. The Bertz CT molecular complexity index is 858.